The first kappa shape index (κ1) is 18.2. The van der Waals surface area contributed by atoms with Crippen LogP contribution in [0.3, 0.4) is 0 Å². The van der Waals surface area contributed by atoms with Crippen LogP contribution in [0.4, 0.5) is 18.3 Å². The second kappa shape index (κ2) is 6.97. The second-order valence-corrected chi connectivity index (χ2v) is 6.53. The molecule has 0 saturated carbocycles. The summed E-state index contributed by atoms with van der Waals surface area (Å²) in [4.78, 5) is 16.3. The summed E-state index contributed by atoms with van der Waals surface area (Å²) < 4.78 is 38.4. The first-order chi connectivity index (χ1) is 12.2. The van der Waals surface area contributed by atoms with Gasteiger partial charge in [-0.3, -0.25) is 10.1 Å². The van der Waals surface area contributed by atoms with Crippen LogP contribution in [-0.2, 0) is 6.18 Å². The minimum Gasteiger partial charge on any atom is -0.507 e. The molecule has 1 aromatic heterocycles. The molecule has 0 aliphatic heterocycles. The minimum atomic E-state index is -4.45. The number of benzene rings is 2. The summed E-state index contributed by atoms with van der Waals surface area (Å²) in [6.07, 6.45) is -4.45. The van der Waals surface area contributed by atoms with Crippen molar-refractivity contribution in [3.05, 3.63) is 64.0 Å². The maximum atomic E-state index is 12.8. The molecule has 0 bridgehead atoms. The highest BCUT2D eigenvalue weighted by Crippen LogP contribution is 2.33. The van der Waals surface area contributed by atoms with Crippen molar-refractivity contribution >= 4 is 34.0 Å². The second-order valence-electron chi connectivity index (χ2n) is 5.23. The molecule has 26 heavy (non-hydrogen) atoms. The number of carbonyl (C=O) groups is 1. The van der Waals surface area contributed by atoms with Gasteiger partial charge in [-0.2, -0.15) is 13.2 Å². The van der Waals surface area contributed by atoms with Gasteiger partial charge in [-0.1, -0.05) is 23.7 Å². The van der Waals surface area contributed by atoms with Crippen LogP contribution in [0.5, 0.6) is 5.75 Å². The van der Waals surface area contributed by atoms with Gasteiger partial charge in [0.2, 0.25) is 0 Å². The lowest BCUT2D eigenvalue weighted by molar-refractivity contribution is -0.137. The normalized spacial score (nSPS) is 11.4. The van der Waals surface area contributed by atoms with E-state index in [0.717, 1.165) is 23.5 Å². The summed E-state index contributed by atoms with van der Waals surface area (Å²) in [5, 5.41) is 14.2. The molecule has 0 fully saturated rings. The minimum absolute atomic E-state index is 0.0340. The van der Waals surface area contributed by atoms with Gasteiger partial charge < -0.3 is 5.11 Å². The van der Waals surface area contributed by atoms with E-state index in [-0.39, 0.29) is 27.0 Å². The lowest BCUT2D eigenvalue weighted by Crippen LogP contribution is -2.11. The maximum absolute atomic E-state index is 12.8. The molecular formula is C17H10ClF3N2O2S. The lowest BCUT2D eigenvalue weighted by atomic mass is 10.1. The van der Waals surface area contributed by atoms with Crippen LogP contribution in [0.15, 0.2) is 47.8 Å². The van der Waals surface area contributed by atoms with Crippen LogP contribution in [0.1, 0.15) is 15.9 Å². The zero-order valence-corrected chi connectivity index (χ0v) is 14.4. The average Bonchev–Trinajstić information content (AvgIpc) is 3.05. The van der Waals surface area contributed by atoms with Gasteiger partial charge >= 0.3 is 6.18 Å². The fourth-order valence-corrected chi connectivity index (χ4v) is 3.06. The number of halogens is 4. The topological polar surface area (TPSA) is 62.2 Å². The Bertz CT molecular complexity index is 973. The van der Waals surface area contributed by atoms with Crippen LogP contribution in [-0.4, -0.2) is 16.0 Å². The third-order valence-electron chi connectivity index (χ3n) is 3.41. The van der Waals surface area contributed by atoms with E-state index in [9.17, 15) is 23.1 Å². The molecule has 1 amide bonds. The van der Waals surface area contributed by atoms with E-state index in [1.54, 1.807) is 0 Å². The van der Waals surface area contributed by atoms with E-state index in [1.807, 2.05) is 0 Å². The smallest absolute Gasteiger partial charge is 0.416 e. The van der Waals surface area contributed by atoms with Gasteiger partial charge in [0.05, 0.1) is 16.8 Å². The Balaban J connectivity index is 1.82. The molecule has 0 aliphatic carbocycles. The van der Waals surface area contributed by atoms with Crippen molar-refractivity contribution in [2.45, 2.75) is 6.18 Å². The van der Waals surface area contributed by atoms with Crippen molar-refractivity contribution in [1.29, 1.82) is 0 Å². The highest BCUT2D eigenvalue weighted by molar-refractivity contribution is 7.14. The highest BCUT2D eigenvalue weighted by Gasteiger charge is 2.30. The van der Waals surface area contributed by atoms with Gasteiger partial charge in [0.15, 0.2) is 5.13 Å². The van der Waals surface area contributed by atoms with E-state index >= 15 is 0 Å². The monoisotopic (exact) mass is 398 g/mol. The average molecular weight is 399 g/mol. The molecule has 134 valence electrons. The summed E-state index contributed by atoms with van der Waals surface area (Å²) in [5.41, 5.74) is -0.236. The highest BCUT2D eigenvalue weighted by atomic mass is 35.5. The first-order valence-corrected chi connectivity index (χ1v) is 8.43. The molecule has 2 aromatic carbocycles. The van der Waals surface area contributed by atoms with Gasteiger partial charge in [-0.15, -0.1) is 11.3 Å². The Hall–Kier alpha value is -2.58. The maximum Gasteiger partial charge on any atom is 0.416 e. The number of amides is 1. The van der Waals surface area contributed by atoms with Crippen molar-refractivity contribution in [3.8, 4) is 17.0 Å². The standard InChI is InChI=1S/C17H10ClF3N2O2S/c18-11-4-5-14(24)12(7-11)15(25)23-16-22-13(8-26-16)9-2-1-3-10(6-9)17(19,20)21/h1-8,24H,(H,22,23,25). The number of phenols is 1. The fourth-order valence-electron chi connectivity index (χ4n) is 2.17. The molecule has 0 aliphatic rings. The number of rotatable bonds is 3. The van der Waals surface area contributed by atoms with Crippen LogP contribution >= 0.6 is 22.9 Å². The summed E-state index contributed by atoms with van der Waals surface area (Å²) in [5.74, 6) is -0.878. The van der Waals surface area contributed by atoms with Gasteiger partial charge in [0, 0.05) is 16.0 Å². The number of phenolic OH excluding ortho intramolecular Hbond substituents is 1. The third kappa shape index (κ3) is 3.97. The van der Waals surface area contributed by atoms with Crippen LogP contribution in [0, 0.1) is 0 Å². The zero-order valence-electron chi connectivity index (χ0n) is 12.8. The molecule has 0 unspecified atom stereocenters. The Kier molecular flexibility index (Phi) is 4.88. The number of aromatic hydroxyl groups is 1. The van der Waals surface area contributed by atoms with Crippen molar-refractivity contribution in [2.75, 3.05) is 5.32 Å². The molecule has 2 N–H and O–H groups in total. The molecule has 0 spiro atoms. The number of carbonyl (C=O) groups excluding carboxylic acids is 1. The predicted octanol–water partition coefficient (Wildman–Crippen LogP) is 5.44. The van der Waals surface area contributed by atoms with Gasteiger partial charge in [-0.05, 0) is 30.3 Å². The number of anilines is 1. The number of aromatic nitrogens is 1. The SMILES string of the molecule is O=C(Nc1nc(-c2cccc(C(F)(F)F)c2)cs1)c1cc(Cl)ccc1O. The number of thiazole rings is 1. The van der Waals surface area contributed by atoms with Crippen LogP contribution < -0.4 is 5.32 Å². The lowest BCUT2D eigenvalue weighted by Gasteiger charge is -2.07. The Morgan fingerprint density at radius 3 is 2.69 bits per heavy atom. The van der Waals surface area contributed by atoms with Gasteiger partial charge in [-0.25, -0.2) is 4.98 Å². The first-order valence-electron chi connectivity index (χ1n) is 7.17. The Labute approximate surface area is 154 Å². The number of hydrogen-bond acceptors (Lipinski definition) is 4. The summed E-state index contributed by atoms with van der Waals surface area (Å²) >= 11 is 6.86. The van der Waals surface area contributed by atoms with Gasteiger partial charge in [0.1, 0.15) is 5.75 Å². The van der Waals surface area contributed by atoms with E-state index < -0.39 is 17.6 Å². The largest absolute Gasteiger partial charge is 0.507 e. The quantitative estimate of drug-likeness (QED) is 0.617. The van der Waals surface area contributed by atoms with Crippen molar-refractivity contribution < 1.29 is 23.1 Å². The molecular weight excluding hydrogens is 389 g/mol. The van der Waals surface area contributed by atoms with Gasteiger partial charge in [0.25, 0.3) is 5.91 Å². The summed E-state index contributed by atoms with van der Waals surface area (Å²) in [6.45, 7) is 0. The van der Waals surface area contributed by atoms with Crippen molar-refractivity contribution in [1.82, 2.24) is 4.98 Å². The van der Waals surface area contributed by atoms with E-state index in [4.69, 9.17) is 11.6 Å². The molecule has 1 heterocycles. The molecule has 0 atom stereocenters. The molecule has 3 aromatic rings. The van der Waals surface area contributed by atoms with Crippen molar-refractivity contribution in [2.24, 2.45) is 0 Å². The van der Waals surface area contributed by atoms with E-state index in [0.29, 0.717) is 5.69 Å². The van der Waals surface area contributed by atoms with E-state index in [2.05, 4.69) is 10.3 Å². The fraction of sp³-hybridized carbons (Fsp3) is 0.0588. The van der Waals surface area contributed by atoms with Crippen LogP contribution in [0.2, 0.25) is 5.02 Å². The number of hydrogen-bond donors (Lipinski definition) is 2. The summed E-state index contributed by atoms with van der Waals surface area (Å²) in [7, 11) is 0. The predicted molar refractivity (Wildman–Crippen MR) is 93.6 cm³/mol. The number of nitrogens with one attached hydrogen (secondary N) is 1. The third-order valence-corrected chi connectivity index (χ3v) is 4.41. The Morgan fingerprint density at radius 1 is 1.19 bits per heavy atom. The molecule has 0 radical (unpaired) electrons. The zero-order chi connectivity index (χ0) is 18.9. The molecule has 4 nitrogen and oxygen atoms in total. The molecule has 0 saturated heterocycles. The van der Waals surface area contributed by atoms with E-state index in [1.165, 1.54) is 35.7 Å². The van der Waals surface area contributed by atoms with Crippen LogP contribution in [0.25, 0.3) is 11.3 Å². The molecule has 9 heteroatoms. The van der Waals surface area contributed by atoms with Crippen molar-refractivity contribution in [3.63, 3.8) is 0 Å². The Morgan fingerprint density at radius 2 is 1.96 bits per heavy atom. The number of nitrogens with zero attached hydrogens (tertiary/aromatic N) is 1. The number of alkyl halides is 3. The summed E-state index contributed by atoms with van der Waals surface area (Å²) in [6, 6.07) is 8.77. The molecule has 3 rings (SSSR count).